The predicted octanol–water partition coefficient (Wildman–Crippen LogP) is 3.48. The fraction of sp³-hybridized carbons (Fsp3) is 0.579. The summed E-state index contributed by atoms with van der Waals surface area (Å²) >= 11 is 0. The summed E-state index contributed by atoms with van der Waals surface area (Å²) in [6.07, 6.45) is 5.88. The number of hydrogen-bond acceptors (Lipinski definition) is 3. The maximum atomic E-state index is 12.7. The molecule has 1 fully saturated rings. The molecular weight excluding hydrogens is 306 g/mol. The summed E-state index contributed by atoms with van der Waals surface area (Å²) in [6, 6.07) is 7.30. The van der Waals surface area contributed by atoms with Crippen molar-refractivity contribution in [3.8, 4) is 5.75 Å². The summed E-state index contributed by atoms with van der Waals surface area (Å²) < 4.78 is 5.13. The molecule has 1 saturated carbocycles. The van der Waals surface area contributed by atoms with Crippen LogP contribution in [-0.2, 0) is 9.59 Å². The second-order valence-corrected chi connectivity index (χ2v) is 6.64. The third kappa shape index (κ3) is 4.28. The van der Waals surface area contributed by atoms with Crippen molar-refractivity contribution < 1.29 is 19.4 Å². The van der Waals surface area contributed by atoms with Crippen LogP contribution in [0.5, 0.6) is 5.75 Å². The van der Waals surface area contributed by atoms with Crippen molar-refractivity contribution in [3.05, 3.63) is 29.8 Å². The summed E-state index contributed by atoms with van der Waals surface area (Å²) in [5.41, 5.74) is -0.280. The normalized spacial score (nSPS) is 18.8. The largest absolute Gasteiger partial charge is 0.497 e. The Hall–Kier alpha value is -2.04. The fourth-order valence-electron chi connectivity index (χ4n) is 3.29. The summed E-state index contributed by atoms with van der Waals surface area (Å²) in [5.74, 6) is -0.825. The highest BCUT2D eigenvalue weighted by Crippen LogP contribution is 2.28. The van der Waals surface area contributed by atoms with Crippen LogP contribution < -0.4 is 10.1 Å². The molecule has 5 nitrogen and oxygen atoms in total. The number of carboxylic acid groups (broad SMARTS) is 1. The highest BCUT2D eigenvalue weighted by Gasteiger charge is 2.40. The Morgan fingerprint density at radius 2 is 1.62 bits per heavy atom. The lowest BCUT2D eigenvalue weighted by Gasteiger charge is -2.33. The number of hydrogen-bond donors (Lipinski definition) is 2. The minimum atomic E-state index is -1.13. The van der Waals surface area contributed by atoms with Gasteiger partial charge in [-0.05, 0) is 37.5 Å². The standard InChI is InChI=1S/C19H27NO4/c1-14(15-8-10-16(24-2)11-9-15)17(21)20-19(18(22)23)12-6-4-3-5-7-13-19/h8-11,14H,3-7,12-13H2,1-2H3,(H,20,21)(H,22,23). The number of nitrogens with one attached hydrogen (secondary N) is 1. The molecule has 1 atom stereocenters. The van der Waals surface area contributed by atoms with Gasteiger partial charge in [-0.15, -0.1) is 0 Å². The van der Waals surface area contributed by atoms with Crippen LogP contribution in [-0.4, -0.2) is 29.6 Å². The summed E-state index contributed by atoms with van der Waals surface area (Å²) in [4.78, 5) is 24.6. The average molecular weight is 333 g/mol. The van der Waals surface area contributed by atoms with Crippen molar-refractivity contribution >= 4 is 11.9 Å². The van der Waals surface area contributed by atoms with Gasteiger partial charge in [-0.25, -0.2) is 4.79 Å². The van der Waals surface area contributed by atoms with E-state index in [1.807, 2.05) is 24.3 Å². The van der Waals surface area contributed by atoms with E-state index in [4.69, 9.17) is 4.74 Å². The molecule has 0 spiro atoms. The van der Waals surface area contributed by atoms with Gasteiger partial charge >= 0.3 is 5.97 Å². The third-order valence-corrected chi connectivity index (χ3v) is 4.99. The molecule has 1 amide bonds. The number of methoxy groups -OCH3 is 1. The Morgan fingerprint density at radius 1 is 1.08 bits per heavy atom. The minimum absolute atomic E-state index is 0.233. The van der Waals surface area contributed by atoms with Crippen molar-refractivity contribution in [2.24, 2.45) is 0 Å². The molecule has 1 unspecified atom stereocenters. The SMILES string of the molecule is COc1ccc(C(C)C(=O)NC2(C(=O)O)CCCCCCC2)cc1. The second-order valence-electron chi connectivity index (χ2n) is 6.64. The molecule has 0 saturated heterocycles. The van der Waals surface area contributed by atoms with Gasteiger partial charge in [-0.1, -0.05) is 44.2 Å². The Morgan fingerprint density at radius 3 is 2.12 bits per heavy atom. The van der Waals surface area contributed by atoms with Crippen LogP contribution >= 0.6 is 0 Å². The molecule has 2 rings (SSSR count). The summed E-state index contributed by atoms with van der Waals surface area (Å²) in [5, 5.41) is 12.6. The number of ether oxygens (including phenoxy) is 1. The van der Waals surface area contributed by atoms with Crippen LogP contribution in [0.25, 0.3) is 0 Å². The maximum Gasteiger partial charge on any atom is 0.329 e. The summed E-state index contributed by atoms with van der Waals surface area (Å²) in [7, 11) is 1.59. The van der Waals surface area contributed by atoms with E-state index in [1.165, 1.54) is 0 Å². The maximum absolute atomic E-state index is 12.7. The molecule has 1 aliphatic carbocycles. The van der Waals surface area contributed by atoms with Crippen LogP contribution in [0.3, 0.4) is 0 Å². The van der Waals surface area contributed by atoms with E-state index in [1.54, 1.807) is 14.0 Å². The Bertz CT molecular complexity index is 559. The van der Waals surface area contributed by atoms with E-state index in [9.17, 15) is 14.7 Å². The van der Waals surface area contributed by atoms with Gasteiger partial charge in [-0.2, -0.15) is 0 Å². The first-order chi connectivity index (χ1) is 11.5. The van der Waals surface area contributed by atoms with Crippen LogP contribution in [0.2, 0.25) is 0 Å². The molecule has 0 aliphatic heterocycles. The lowest BCUT2D eigenvalue weighted by atomic mass is 9.83. The predicted molar refractivity (Wildman–Crippen MR) is 92.2 cm³/mol. The van der Waals surface area contributed by atoms with E-state index in [0.29, 0.717) is 12.8 Å². The van der Waals surface area contributed by atoms with E-state index in [0.717, 1.165) is 43.4 Å². The molecule has 0 bridgehead atoms. The number of carbonyl (C=O) groups is 2. The van der Waals surface area contributed by atoms with Gasteiger partial charge < -0.3 is 15.2 Å². The zero-order valence-electron chi connectivity index (χ0n) is 14.5. The number of carbonyl (C=O) groups excluding carboxylic acids is 1. The van der Waals surface area contributed by atoms with Crippen molar-refractivity contribution in [1.29, 1.82) is 0 Å². The van der Waals surface area contributed by atoms with Crippen LogP contribution in [0.1, 0.15) is 63.4 Å². The van der Waals surface area contributed by atoms with Crippen molar-refractivity contribution in [3.63, 3.8) is 0 Å². The molecule has 5 heteroatoms. The molecule has 2 N–H and O–H groups in total. The first kappa shape index (κ1) is 18.3. The molecule has 24 heavy (non-hydrogen) atoms. The van der Waals surface area contributed by atoms with Crippen molar-refractivity contribution in [2.45, 2.75) is 63.3 Å². The third-order valence-electron chi connectivity index (χ3n) is 4.99. The fourth-order valence-corrected chi connectivity index (χ4v) is 3.29. The molecule has 0 heterocycles. The van der Waals surface area contributed by atoms with Gasteiger partial charge in [0.15, 0.2) is 0 Å². The molecule has 1 aliphatic rings. The summed E-state index contributed by atoms with van der Waals surface area (Å²) in [6.45, 7) is 1.80. The monoisotopic (exact) mass is 333 g/mol. The van der Waals surface area contributed by atoms with Crippen molar-refractivity contribution in [2.75, 3.05) is 7.11 Å². The minimum Gasteiger partial charge on any atom is -0.497 e. The van der Waals surface area contributed by atoms with Crippen LogP contribution in [0.4, 0.5) is 0 Å². The van der Waals surface area contributed by atoms with Gasteiger partial charge in [0.05, 0.1) is 13.0 Å². The Kier molecular flexibility index (Phi) is 6.23. The number of carboxylic acids is 1. The Balaban J connectivity index is 2.12. The highest BCUT2D eigenvalue weighted by atomic mass is 16.5. The molecule has 132 valence electrons. The van der Waals surface area contributed by atoms with E-state index in [-0.39, 0.29) is 5.91 Å². The Labute approximate surface area is 143 Å². The van der Waals surface area contributed by atoms with Crippen molar-refractivity contribution in [1.82, 2.24) is 5.32 Å². The molecule has 0 aromatic heterocycles. The van der Waals surface area contributed by atoms with Gasteiger partial charge in [0.1, 0.15) is 11.3 Å². The number of benzene rings is 1. The topological polar surface area (TPSA) is 75.6 Å². The zero-order valence-corrected chi connectivity index (χ0v) is 14.5. The quantitative estimate of drug-likeness (QED) is 0.865. The van der Waals surface area contributed by atoms with Crippen LogP contribution in [0.15, 0.2) is 24.3 Å². The number of amides is 1. The number of rotatable bonds is 5. The van der Waals surface area contributed by atoms with Crippen LogP contribution in [0, 0.1) is 0 Å². The van der Waals surface area contributed by atoms with Gasteiger partial charge in [0, 0.05) is 0 Å². The average Bonchev–Trinajstić information content (AvgIpc) is 2.56. The van der Waals surface area contributed by atoms with Gasteiger partial charge in [0.25, 0.3) is 0 Å². The number of aliphatic carboxylic acids is 1. The smallest absolute Gasteiger partial charge is 0.329 e. The first-order valence-electron chi connectivity index (χ1n) is 8.68. The molecule has 0 radical (unpaired) electrons. The lowest BCUT2D eigenvalue weighted by molar-refractivity contribution is -0.149. The molecular formula is C19H27NO4. The van der Waals surface area contributed by atoms with Gasteiger partial charge in [-0.3, -0.25) is 4.79 Å². The molecule has 1 aromatic carbocycles. The van der Waals surface area contributed by atoms with E-state index in [2.05, 4.69) is 5.32 Å². The van der Waals surface area contributed by atoms with Gasteiger partial charge in [0.2, 0.25) is 5.91 Å². The second kappa shape index (κ2) is 8.18. The first-order valence-corrected chi connectivity index (χ1v) is 8.68. The molecule has 1 aromatic rings. The van der Waals surface area contributed by atoms with E-state index < -0.39 is 17.4 Å². The van der Waals surface area contributed by atoms with E-state index >= 15 is 0 Å². The zero-order chi connectivity index (χ0) is 17.6. The highest BCUT2D eigenvalue weighted by molar-refractivity contribution is 5.90. The lowest BCUT2D eigenvalue weighted by Crippen LogP contribution is -2.55.